The van der Waals surface area contributed by atoms with Crippen LogP contribution in [0.25, 0.3) is 11.4 Å². The molecule has 6 aliphatic carbocycles. The molecule has 2 aromatic heterocycles. The minimum Gasteiger partial charge on any atom is -0.251 e. The first kappa shape index (κ1) is 20.9. The third kappa shape index (κ3) is 2.48. The van der Waals surface area contributed by atoms with Gasteiger partial charge in [-0.25, -0.2) is 0 Å². The molecule has 2 saturated carbocycles. The van der Waals surface area contributed by atoms with Crippen molar-refractivity contribution in [2.24, 2.45) is 34.5 Å². The van der Waals surface area contributed by atoms with Crippen LogP contribution in [0.15, 0.2) is 24.3 Å². The highest BCUT2D eigenvalue weighted by atomic mass is 14.8. The predicted molar refractivity (Wildman–Crippen MR) is 132 cm³/mol. The van der Waals surface area contributed by atoms with E-state index in [9.17, 15) is 0 Å². The summed E-state index contributed by atoms with van der Waals surface area (Å²) in [5.74, 6) is 5.26. The van der Waals surface area contributed by atoms with Gasteiger partial charge in [0.2, 0.25) is 0 Å². The molecule has 4 bridgehead atoms. The van der Waals surface area contributed by atoms with Crippen molar-refractivity contribution in [1.82, 2.24) is 9.97 Å². The maximum Gasteiger partial charge on any atom is 0.0889 e. The van der Waals surface area contributed by atoms with Gasteiger partial charge in [-0.15, -0.1) is 0 Å². The molecule has 2 fully saturated rings. The van der Waals surface area contributed by atoms with E-state index in [0.717, 1.165) is 23.2 Å². The van der Waals surface area contributed by atoms with Crippen molar-refractivity contribution in [2.75, 3.05) is 0 Å². The Morgan fingerprint density at radius 3 is 1.34 bits per heavy atom. The molecule has 0 radical (unpaired) electrons. The molecule has 6 atom stereocenters. The lowest BCUT2D eigenvalue weighted by Crippen LogP contribution is -2.52. The number of hydrogen-bond donors (Lipinski definition) is 0. The predicted octanol–water partition coefficient (Wildman–Crippen LogP) is 7.91. The van der Waals surface area contributed by atoms with Crippen LogP contribution in [0.1, 0.15) is 114 Å². The standard InChI is InChI=1S/C30H40N2/c1-15(2)25-21-13-19(29(21,5)6)17-9-11-23(31-27(17)25)24-12-10-18-20-14-22(30(20,7)8)26(16(3)4)28(18)32-24/h9-12,15-16,19-22,25-26H,13-14H2,1-8H3/t19-,20-,21+,22+,25-,26-/m0/s1. The van der Waals surface area contributed by atoms with E-state index in [1.807, 2.05) is 0 Å². The molecular formula is C30H40N2. The Hall–Kier alpha value is -1.70. The van der Waals surface area contributed by atoms with Gasteiger partial charge in [-0.1, -0.05) is 67.5 Å². The van der Waals surface area contributed by atoms with Crippen LogP contribution >= 0.6 is 0 Å². The minimum atomic E-state index is 0.410. The summed E-state index contributed by atoms with van der Waals surface area (Å²) < 4.78 is 0. The zero-order valence-corrected chi connectivity index (χ0v) is 21.2. The van der Waals surface area contributed by atoms with Crippen molar-refractivity contribution < 1.29 is 0 Å². The van der Waals surface area contributed by atoms with Gasteiger partial charge >= 0.3 is 0 Å². The van der Waals surface area contributed by atoms with Gasteiger partial charge in [0.15, 0.2) is 0 Å². The van der Waals surface area contributed by atoms with E-state index in [2.05, 4.69) is 79.7 Å². The summed E-state index contributed by atoms with van der Waals surface area (Å²) in [5, 5.41) is 0. The largest absolute Gasteiger partial charge is 0.251 e. The van der Waals surface area contributed by atoms with Crippen molar-refractivity contribution >= 4 is 0 Å². The second-order valence-corrected chi connectivity index (χ2v) is 13.3. The average molecular weight is 429 g/mol. The van der Waals surface area contributed by atoms with Crippen LogP contribution in [0, 0.1) is 34.5 Å². The summed E-state index contributed by atoms with van der Waals surface area (Å²) in [7, 11) is 0. The third-order valence-corrected chi connectivity index (χ3v) is 10.5. The van der Waals surface area contributed by atoms with E-state index in [0.29, 0.717) is 46.3 Å². The second kappa shape index (κ2) is 6.45. The summed E-state index contributed by atoms with van der Waals surface area (Å²) in [5.41, 5.74) is 8.77. The summed E-state index contributed by atoms with van der Waals surface area (Å²) in [6.45, 7) is 19.4. The van der Waals surface area contributed by atoms with Crippen LogP contribution in [0.4, 0.5) is 0 Å². The zero-order chi connectivity index (χ0) is 22.7. The van der Waals surface area contributed by atoms with Gasteiger partial charge < -0.3 is 0 Å². The number of aromatic nitrogens is 2. The van der Waals surface area contributed by atoms with Gasteiger partial charge in [0.05, 0.1) is 11.4 Å². The van der Waals surface area contributed by atoms with E-state index < -0.39 is 0 Å². The zero-order valence-electron chi connectivity index (χ0n) is 21.2. The molecule has 0 saturated heterocycles. The molecule has 0 unspecified atom stereocenters. The molecule has 6 aliphatic rings. The fourth-order valence-corrected chi connectivity index (χ4v) is 8.51. The molecule has 0 aliphatic heterocycles. The Morgan fingerprint density at radius 1 is 0.656 bits per heavy atom. The third-order valence-electron chi connectivity index (χ3n) is 10.5. The fourth-order valence-electron chi connectivity index (χ4n) is 8.51. The van der Waals surface area contributed by atoms with Crippen molar-refractivity contribution in [3.05, 3.63) is 46.8 Å². The average Bonchev–Trinajstić information content (AvgIpc) is 2.75. The van der Waals surface area contributed by atoms with E-state index >= 15 is 0 Å². The van der Waals surface area contributed by atoms with Crippen LogP contribution in [0.3, 0.4) is 0 Å². The summed E-state index contributed by atoms with van der Waals surface area (Å²) in [4.78, 5) is 10.7. The first-order valence-electron chi connectivity index (χ1n) is 13.1. The lowest BCUT2D eigenvalue weighted by atomic mass is 9.43. The highest BCUT2D eigenvalue weighted by molar-refractivity contribution is 5.59. The molecule has 0 amide bonds. The van der Waals surface area contributed by atoms with E-state index in [-0.39, 0.29) is 0 Å². The van der Waals surface area contributed by atoms with Crippen LogP contribution in [-0.2, 0) is 0 Å². The molecule has 8 rings (SSSR count). The number of nitrogens with zero attached hydrogens (tertiary/aromatic N) is 2. The van der Waals surface area contributed by atoms with Gasteiger partial charge in [-0.2, -0.15) is 0 Å². The first-order valence-corrected chi connectivity index (χ1v) is 13.1. The Balaban J connectivity index is 1.44. The van der Waals surface area contributed by atoms with Gasteiger partial charge in [-0.05, 0) is 82.4 Å². The quantitative estimate of drug-likeness (QED) is 0.496. The number of pyridine rings is 2. The summed E-state index contributed by atoms with van der Waals surface area (Å²) in [6, 6.07) is 9.32. The molecule has 0 N–H and O–H groups in total. The molecule has 170 valence electrons. The fraction of sp³-hybridized carbons (Fsp3) is 0.667. The first-order chi connectivity index (χ1) is 15.0. The van der Waals surface area contributed by atoms with Gasteiger partial charge in [-0.3, -0.25) is 9.97 Å². The highest BCUT2D eigenvalue weighted by Crippen LogP contribution is 2.68. The number of hydrogen-bond acceptors (Lipinski definition) is 2. The minimum absolute atomic E-state index is 0.410. The summed E-state index contributed by atoms with van der Waals surface area (Å²) in [6.07, 6.45) is 2.69. The van der Waals surface area contributed by atoms with E-state index in [1.54, 1.807) is 0 Å². The summed E-state index contributed by atoms with van der Waals surface area (Å²) >= 11 is 0. The Kier molecular flexibility index (Phi) is 4.21. The highest BCUT2D eigenvalue weighted by Gasteiger charge is 2.59. The van der Waals surface area contributed by atoms with Gasteiger partial charge in [0.25, 0.3) is 0 Å². The Morgan fingerprint density at radius 2 is 1.03 bits per heavy atom. The van der Waals surface area contributed by atoms with Crippen LogP contribution < -0.4 is 0 Å². The monoisotopic (exact) mass is 428 g/mol. The molecule has 0 aromatic carbocycles. The Bertz CT molecular complexity index is 1000. The van der Waals surface area contributed by atoms with E-state index in [1.165, 1.54) is 35.4 Å². The van der Waals surface area contributed by atoms with Crippen molar-refractivity contribution in [3.63, 3.8) is 0 Å². The topological polar surface area (TPSA) is 25.8 Å². The van der Waals surface area contributed by atoms with Crippen LogP contribution in [0.2, 0.25) is 0 Å². The molecule has 2 aromatic rings. The van der Waals surface area contributed by atoms with Gasteiger partial charge in [0.1, 0.15) is 0 Å². The van der Waals surface area contributed by atoms with E-state index in [4.69, 9.17) is 9.97 Å². The van der Waals surface area contributed by atoms with Crippen molar-refractivity contribution in [3.8, 4) is 11.4 Å². The van der Waals surface area contributed by atoms with Crippen molar-refractivity contribution in [1.29, 1.82) is 0 Å². The maximum absolute atomic E-state index is 5.35. The second-order valence-electron chi connectivity index (χ2n) is 13.3. The normalized spacial score (nSPS) is 35.1. The van der Waals surface area contributed by atoms with Crippen LogP contribution in [0.5, 0.6) is 0 Å². The molecular weight excluding hydrogens is 388 g/mol. The molecule has 0 spiro atoms. The van der Waals surface area contributed by atoms with Crippen molar-refractivity contribution in [2.45, 2.75) is 91.9 Å². The maximum atomic E-state index is 5.35. The molecule has 2 heterocycles. The molecule has 2 nitrogen and oxygen atoms in total. The SMILES string of the molecule is CC(C)[C@@H]1c2nc(-c3ccc4c(n3)[C@@H](C(C)C)[C@H]3C[C@@H]4C3(C)C)ccc2[C@@H]2C[C@H]1C2(C)C. The molecule has 2 heteroatoms. The number of rotatable bonds is 3. The van der Waals surface area contributed by atoms with Gasteiger partial charge in [0, 0.05) is 23.2 Å². The van der Waals surface area contributed by atoms with Crippen LogP contribution in [-0.4, -0.2) is 9.97 Å². The lowest BCUT2D eigenvalue weighted by Gasteiger charge is -2.61. The smallest absolute Gasteiger partial charge is 0.0889 e. The Labute approximate surface area is 194 Å². The molecule has 32 heavy (non-hydrogen) atoms. The lowest BCUT2D eigenvalue weighted by molar-refractivity contribution is -0.0200.